The molecule has 1 unspecified atom stereocenters. The van der Waals surface area contributed by atoms with Gasteiger partial charge in [-0.2, -0.15) is 0 Å². The van der Waals surface area contributed by atoms with Gasteiger partial charge in [-0.15, -0.1) is 0 Å². The van der Waals surface area contributed by atoms with Crippen LogP contribution in [0.2, 0.25) is 0 Å². The SMILES string of the molecule is CCCC(C)NCC#Cc1ccccc1. The van der Waals surface area contributed by atoms with Crippen molar-refractivity contribution in [2.75, 3.05) is 6.54 Å². The molecule has 0 amide bonds. The fraction of sp³-hybridized carbons (Fsp3) is 0.429. The number of hydrogen-bond acceptors (Lipinski definition) is 1. The average Bonchev–Trinajstić information content (AvgIpc) is 2.26. The molecule has 0 heterocycles. The average molecular weight is 201 g/mol. The zero-order valence-corrected chi connectivity index (χ0v) is 9.59. The molecule has 0 radical (unpaired) electrons. The van der Waals surface area contributed by atoms with Gasteiger partial charge in [-0.25, -0.2) is 0 Å². The van der Waals surface area contributed by atoms with Crippen LogP contribution in [0.15, 0.2) is 30.3 Å². The maximum atomic E-state index is 3.38. The Kier molecular flexibility index (Phi) is 5.58. The van der Waals surface area contributed by atoms with E-state index in [2.05, 4.69) is 31.0 Å². The minimum Gasteiger partial charge on any atom is -0.304 e. The summed E-state index contributed by atoms with van der Waals surface area (Å²) in [5.41, 5.74) is 1.09. The topological polar surface area (TPSA) is 12.0 Å². The molecule has 80 valence electrons. The van der Waals surface area contributed by atoms with E-state index in [1.54, 1.807) is 0 Å². The summed E-state index contributed by atoms with van der Waals surface area (Å²) in [4.78, 5) is 0. The van der Waals surface area contributed by atoms with Crippen LogP contribution < -0.4 is 5.32 Å². The number of rotatable bonds is 4. The largest absolute Gasteiger partial charge is 0.304 e. The Balaban J connectivity index is 2.28. The maximum absolute atomic E-state index is 3.38. The first-order valence-corrected chi connectivity index (χ1v) is 5.60. The molecule has 0 aliphatic heterocycles. The van der Waals surface area contributed by atoms with E-state index in [0.717, 1.165) is 12.1 Å². The Morgan fingerprint density at radius 3 is 2.67 bits per heavy atom. The Labute approximate surface area is 92.9 Å². The molecule has 1 nitrogen and oxygen atoms in total. The van der Waals surface area contributed by atoms with E-state index in [0.29, 0.717) is 6.04 Å². The lowest BCUT2D eigenvalue weighted by atomic mass is 10.2. The van der Waals surface area contributed by atoms with Crippen molar-refractivity contribution in [1.29, 1.82) is 0 Å². The standard InChI is InChI=1S/C14H19N/c1-3-8-13(2)15-12-7-11-14-9-5-4-6-10-14/h4-6,9-10,13,15H,3,8,12H2,1-2H3. The van der Waals surface area contributed by atoms with Crippen LogP contribution in [0.25, 0.3) is 0 Å². The minimum absolute atomic E-state index is 0.570. The summed E-state index contributed by atoms with van der Waals surface area (Å²) in [7, 11) is 0. The first kappa shape index (κ1) is 11.8. The van der Waals surface area contributed by atoms with E-state index in [1.165, 1.54) is 12.8 Å². The fourth-order valence-corrected chi connectivity index (χ4v) is 1.43. The molecule has 0 saturated heterocycles. The molecule has 15 heavy (non-hydrogen) atoms. The third-order valence-corrected chi connectivity index (χ3v) is 2.27. The van der Waals surface area contributed by atoms with Crippen molar-refractivity contribution in [3.05, 3.63) is 35.9 Å². The summed E-state index contributed by atoms with van der Waals surface area (Å²) in [5.74, 6) is 6.26. The maximum Gasteiger partial charge on any atom is 0.0582 e. The summed E-state index contributed by atoms with van der Waals surface area (Å²) in [6.07, 6.45) is 2.44. The lowest BCUT2D eigenvalue weighted by molar-refractivity contribution is 0.539. The van der Waals surface area contributed by atoms with E-state index in [1.807, 2.05) is 30.3 Å². The second-order valence-corrected chi connectivity index (χ2v) is 3.74. The van der Waals surface area contributed by atoms with Crippen molar-refractivity contribution in [1.82, 2.24) is 5.32 Å². The Morgan fingerprint density at radius 2 is 2.00 bits per heavy atom. The minimum atomic E-state index is 0.570. The number of benzene rings is 1. The highest BCUT2D eigenvalue weighted by Crippen LogP contribution is 1.95. The van der Waals surface area contributed by atoms with E-state index >= 15 is 0 Å². The molecule has 0 aliphatic carbocycles. The third-order valence-electron chi connectivity index (χ3n) is 2.27. The van der Waals surface area contributed by atoms with Crippen molar-refractivity contribution in [2.45, 2.75) is 32.7 Å². The van der Waals surface area contributed by atoms with Gasteiger partial charge < -0.3 is 5.32 Å². The predicted octanol–water partition coefficient (Wildman–Crippen LogP) is 2.82. The molecular formula is C14H19N. The highest BCUT2D eigenvalue weighted by Gasteiger charge is 1.95. The number of hydrogen-bond donors (Lipinski definition) is 1. The van der Waals surface area contributed by atoms with Gasteiger partial charge in [0.25, 0.3) is 0 Å². The molecule has 1 rings (SSSR count). The highest BCUT2D eigenvalue weighted by atomic mass is 14.9. The zero-order chi connectivity index (χ0) is 10.9. The van der Waals surface area contributed by atoms with Gasteiger partial charge in [0.2, 0.25) is 0 Å². The van der Waals surface area contributed by atoms with E-state index in [4.69, 9.17) is 0 Å². The summed E-state index contributed by atoms with van der Waals surface area (Å²) < 4.78 is 0. The molecule has 1 heteroatoms. The first-order valence-electron chi connectivity index (χ1n) is 5.60. The third kappa shape index (κ3) is 5.24. The highest BCUT2D eigenvalue weighted by molar-refractivity contribution is 5.33. The molecule has 0 bridgehead atoms. The van der Waals surface area contributed by atoms with Gasteiger partial charge in [-0.1, -0.05) is 43.4 Å². The van der Waals surface area contributed by atoms with E-state index in [-0.39, 0.29) is 0 Å². The van der Waals surface area contributed by atoms with Crippen molar-refractivity contribution in [3.8, 4) is 11.8 Å². The molecular weight excluding hydrogens is 182 g/mol. The predicted molar refractivity (Wildman–Crippen MR) is 65.7 cm³/mol. The van der Waals surface area contributed by atoms with Crippen LogP contribution in [0, 0.1) is 11.8 Å². The zero-order valence-electron chi connectivity index (χ0n) is 9.59. The van der Waals surface area contributed by atoms with Crippen LogP contribution in [0.5, 0.6) is 0 Å². The fourth-order valence-electron chi connectivity index (χ4n) is 1.43. The lowest BCUT2D eigenvalue weighted by Gasteiger charge is -2.08. The molecule has 1 aromatic rings. The molecule has 0 aliphatic rings. The first-order chi connectivity index (χ1) is 7.33. The molecule has 1 N–H and O–H groups in total. The van der Waals surface area contributed by atoms with Crippen LogP contribution in [0.1, 0.15) is 32.3 Å². The summed E-state index contributed by atoms with van der Waals surface area (Å²) in [5, 5.41) is 3.38. The van der Waals surface area contributed by atoms with E-state index < -0.39 is 0 Å². The Hall–Kier alpha value is -1.26. The lowest BCUT2D eigenvalue weighted by Crippen LogP contribution is -2.25. The van der Waals surface area contributed by atoms with Gasteiger partial charge in [0.05, 0.1) is 6.54 Å². The molecule has 1 atom stereocenters. The van der Waals surface area contributed by atoms with E-state index in [9.17, 15) is 0 Å². The van der Waals surface area contributed by atoms with Crippen molar-refractivity contribution < 1.29 is 0 Å². The molecule has 0 fully saturated rings. The molecule has 0 aromatic heterocycles. The second-order valence-electron chi connectivity index (χ2n) is 3.74. The summed E-state index contributed by atoms with van der Waals surface area (Å²) >= 11 is 0. The molecule has 0 spiro atoms. The van der Waals surface area contributed by atoms with Crippen molar-refractivity contribution in [3.63, 3.8) is 0 Å². The van der Waals surface area contributed by atoms with Crippen molar-refractivity contribution >= 4 is 0 Å². The normalized spacial score (nSPS) is 11.6. The van der Waals surface area contributed by atoms with Gasteiger partial charge in [0, 0.05) is 11.6 Å². The van der Waals surface area contributed by atoms with Crippen molar-refractivity contribution in [2.24, 2.45) is 0 Å². The van der Waals surface area contributed by atoms with Gasteiger partial charge >= 0.3 is 0 Å². The van der Waals surface area contributed by atoms with Crippen LogP contribution in [0.3, 0.4) is 0 Å². The smallest absolute Gasteiger partial charge is 0.0582 e. The second kappa shape index (κ2) is 7.09. The van der Waals surface area contributed by atoms with Crippen LogP contribution in [0.4, 0.5) is 0 Å². The van der Waals surface area contributed by atoms with Gasteiger partial charge in [0.15, 0.2) is 0 Å². The van der Waals surface area contributed by atoms with Crippen LogP contribution in [-0.4, -0.2) is 12.6 Å². The number of nitrogens with one attached hydrogen (secondary N) is 1. The summed E-state index contributed by atoms with van der Waals surface area (Å²) in [6.45, 7) is 5.18. The van der Waals surface area contributed by atoms with Crippen LogP contribution in [-0.2, 0) is 0 Å². The Morgan fingerprint density at radius 1 is 1.27 bits per heavy atom. The van der Waals surface area contributed by atoms with Gasteiger partial charge in [-0.05, 0) is 25.5 Å². The van der Waals surface area contributed by atoms with Gasteiger partial charge in [0.1, 0.15) is 0 Å². The van der Waals surface area contributed by atoms with Gasteiger partial charge in [-0.3, -0.25) is 0 Å². The monoisotopic (exact) mass is 201 g/mol. The van der Waals surface area contributed by atoms with Crippen LogP contribution >= 0.6 is 0 Å². The quantitative estimate of drug-likeness (QED) is 0.739. The molecule has 1 aromatic carbocycles. The Bertz CT molecular complexity index is 318. The molecule has 0 saturated carbocycles. The summed E-state index contributed by atoms with van der Waals surface area (Å²) in [6, 6.07) is 10.7.